The SMILES string of the molecule is Cc1ccc(C(=O)N2CCC(C)(C(=O)O)C2)cc1C. The van der Waals surface area contributed by atoms with Crippen LogP contribution < -0.4 is 0 Å². The molecule has 2 rings (SSSR count). The number of carbonyl (C=O) groups excluding carboxylic acids is 1. The van der Waals surface area contributed by atoms with Crippen molar-refractivity contribution in [3.63, 3.8) is 0 Å². The first-order valence-corrected chi connectivity index (χ1v) is 6.43. The van der Waals surface area contributed by atoms with Gasteiger partial charge in [0.25, 0.3) is 5.91 Å². The van der Waals surface area contributed by atoms with Crippen molar-refractivity contribution in [1.29, 1.82) is 0 Å². The predicted molar refractivity (Wildman–Crippen MR) is 72.2 cm³/mol. The first-order chi connectivity index (χ1) is 8.83. The number of nitrogens with zero attached hydrogens (tertiary/aromatic N) is 1. The van der Waals surface area contributed by atoms with Crippen molar-refractivity contribution in [2.75, 3.05) is 13.1 Å². The van der Waals surface area contributed by atoms with Gasteiger partial charge in [0.1, 0.15) is 0 Å². The molecule has 1 heterocycles. The second kappa shape index (κ2) is 4.68. The maximum Gasteiger partial charge on any atom is 0.311 e. The highest BCUT2D eigenvalue weighted by atomic mass is 16.4. The minimum absolute atomic E-state index is 0.0759. The maximum atomic E-state index is 12.4. The zero-order valence-electron chi connectivity index (χ0n) is 11.6. The molecule has 1 aromatic rings. The molecule has 0 aromatic heterocycles. The van der Waals surface area contributed by atoms with Gasteiger partial charge in [-0.2, -0.15) is 0 Å². The zero-order chi connectivity index (χ0) is 14.2. The minimum Gasteiger partial charge on any atom is -0.481 e. The average Bonchev–Trinajstić information content (AvgIpc) is 2.76. The molecule has 0 radical (unpaired) electrons. The first-order valence-electron chi connectivity index (χ1n) is 6.43. The summed E-state index contributed by atoms with van der Waals surface area (Å²) in [6.07, 6.45) is 0.513. The van der Waals surface area contributed by atoms with Gasteiger partial charge >= 0.3 is 5.97 Å². The summed E-state index contributed by atoms with van der Waals surface area (Å²) in [6.45, 7) is 6.46. The van der Waals surface area contributed by atoms with E-state index in [9.17, 15) is 14.7 Å². The number of carboxylic acids is 1. The minimum atomic E-state index is -0.831. The molecule has 1 fully saturated rings. The lowest BCUT2D eigenvalue weighted by molar-refractivity contribution is -0.147. The summed E-state index contributed by atoms with van der Waals surface area (Å²) in [6, 6.07) is 5.60. The third kappa shape index (κ3) is 2.48. The number of hydrogen-bond donors (Lipinski definition) is 1. The summed E-state index contributed by atoms with van der Waals surface area (Å²) in [7, 11) is 0. The monoisotopic (exact) mass is 261 g/mol. The number of aliphatic carboxylic acids is 1. The van der Waals surface area contributed by atoms with Crippen LogP contribution in [0.25, 0.3) is 0 Å². The van der Waals surface area contributed by atoms with E-state index in [1.807, 2.05) is 26.0 Å². The molecule has 1 amide bonds. The molecule has 1 aliphatic heterocycles. The van der Waals surface area contributed by atoms with Crippen LogP contribution in [0.1, 0.15) is 34.8 Å². The highest BCUT2D eigenvalue weighted by molar-refractivity contribution is 5.95. The van der Waals surface area contributed by atoms with Gasteiger partial charge in [0.05, 0.1) is 5.41 Å². The summed E-state index contributed by atoms with van der Waals surface area (Å²) in [5.74, 6) is -0.907. The number of benzene rings is 1. The molecule has 1 N–H and O–H groups in total. The number of hydrogen-bond acceptors (Lipinski definition) is 2. The molecule has 0 spiro atoms. The molecule has 0 saturated carbocycles. The second-order valence-corrected chi connectivity index (χ2v) is 5.64. The zero-order valence-corrected chi connectivity index (χ0v) is 11.6. The maximum absolute atomic E-state index is 12.4. The van der Waals surface area contributed by atoms with Crippen LogP contribution in [0.15, 0.2) is 18.2 Å². The van der Waals surface area contributed by atoms with Crippen molar-refractivity contribution in [2.45, 2.75) is 27.2 Å². The quantitative estimate of drug-likeness (QED) is 0.888. The van der Waals surface area contributed by atoms with Crippen molar-refractivity contribution >= 4 is 11.9 Å². The summed E-state index contributed by atoms with van der Waals surface area (Å²) in [5, 5.41) is 9.19. The Hall–Kier alpha value is -1.84. The van der Waals surface area contributed by atoms with E-state index in [2.05, 4.69) is 0 Å². The van der Waals surface area contributed by atoms with E-state index in [0.29, 0.717) is 18.5 Å². The first kappa shape index (κ1) is 13.6. The lowest BCUT2D eigenvalue weighted by atomic mass is 9.90. The van der Waals surface area contributed by atoms with Crippen molar-refractivity contribution in [1.82, 2.24) is 4.90 Å². The third-order valence-electron chi connectivity index (χ3n) is 4.03. The van der Waals surface area contributed by atoms with Gasteiger partial charge in [-0.1, -0.05) is 6.07 Å². The molecule has 102 valence electrons. The topological polar surface area (TPSA) is 57.6 Å². The lowest BCUT2D eigenvalue weighted by Crippen LogP contribution is -2.34. The standard InChI is InChI=1S/C15H19NO3/c1-10-4-5-12(8-11(10)2)13(17)16-7-6-15(3,9-16)14(18)19/h4-5,8H,6-7,9H2,1-3H3,(H,18,19). The van der Waals surface area contributed by atoms with E-state index in [0.717, 1.165) is 11.1 Å². The predicted octanol–water partition coefficient (Wildman–Crippen LogP) is 2.24. The number of likely N-dealkylation sites (tertiary alicyclic amines) is 1. The summed E-state index contributed by atoms with van der Waals surface area (Å²) in [4.78, 5) is 25.2. The van der Waals surface area contributed by atoms with Crippen LogP contribution in [-0.2, 0) is 4.79 Å². The molecule has 1 saturated heterocycles. The van der Waals surface area contributed by atoms with E-state index >= 15 is 0 Å². The summed E-state index contributed by atoms with van der Waals surface area (Å²) >= 11 is 0. The highest BCUT2D eigenvalue weighted by Crippen LogP contribution is 2.31. The fourth-order valence-corrected chi connectivity index (χ4v) is 2.37. The molecule has 0 aliphatic carbocycles. The van der Waals surface area contributed by atoms with Gasteiger partial charge < -0.3 is 10.0 Å². The van der Waals surface area contributed by atoms with Gasteiger partial charge in [0, 0.05) is 18.7 Å². The van der Waals surface area contributed by atoms with E-state index in [4.69, 9.17) is 0 Å². The van der Waals surface area contributed by atoms with Crippen molar-refractivity contribution in [3.05, 3.63) is 34.9 Å². The van der Waals surface area contributed by atoms with E-state index in [1.165, 1.54) is 0 Å². The molecule has 1 aliphatic rings. The van der Waals surface area contributed by atoms with Gasteiger partial charge in [0.15, 0.2) is 0 Å². The van der Waals surface area contributed by atoms with E-state index in [-0.39, 0.29) is 12.5 Å². The van der Waals surface area contributed by atoms with Crippen LogP contribution in [0, 0.1) is 19.3 Å². The Kier molecular flexibility index (Phi) is 3.35. The van der Waals surface area contributed by atoms with Crippen LogP contribution >= 0.6 is 0 Å². The Balaban J connectivity index is 2.18. The molecule has 4 nitrogen and oxygen atoms in total. The van der Waals surface area contributed by atoms with Crippen molar-refractivity contribution in [3.8, 4) is 0 Å². The average molecular weight is 261 g/mol. The molecule has 4 heteroatoms. The number of rotatable bonds is 2. The second-order valence-electron chi connectivity index (χ2n) is 5.64. The number of amides is 1. The Labute approximate surface area is 113 Å². The normalized spacial score (nSPS) is 22.6. The van der Waals surface area contributed by atoms with Gasteiger partial charge in [-0.15, -0.1) is 0 Å². The molecule has 1 aromatic carbocycles. The number of aryl methyl sites for hydroxylation is 2. The molecular formula is C15H19NO3. The van der Waals surface area contributed by atoms with Crippen molar-refractivity contribution < 1.29 is 14.7 Å². The largest absolute Gasteiger partial charge is 0.481 e. The summed E-state index contributed by atoms with van der Waals surface area (Å²) in [5.41, 5.74) is 2.05. The van der Waals surface area contributed by atoms with E-state index < -0.39 is 11.4 Å². The molecule has 0 bridgehead atoms. The fourth-order valence-electron chi connectivity index (χ4n) is 2.37. The Bertz CT molecular complexity index is 538. The van der Waals surface area contributed by atoms with Crippen LogP contribution in [0.4, 0.5) is 0 Å². The van der Waals surface area contributed by atoms with Crippen LogP contribution in [-0.4, -0.2) is 35.0 Å². The summed E-state index contributed by atoms with van der Waals surface area (Å²) < 4.78 is 0. The van der Waals surface area contributed by atoms with Crippen LogP contribution in [0.2, 0.25) is 0 Å². The number of carbonyl (C=O) groups is 2. The number of carboxylic acid groups (broad SMARTS) is 1. The molecular weight excluding hydrogens is 242 g/mol. The van der Waals surface area contributed by atoms with Gasteiger partial charge in [0.2, 0.25) is 0 Å². The fraction of sp³-hybridized carbons (Fsp3) is 0.467. The van der Waals surface area contributed by atoms with Crippen LogP contribution in [0.3, 0.4) is 0 Å². The van der Waals surface area contributed by atoms with Gasteiger partial charge in [-0.25, -0.2) is 0 Å². The molecule has 1 unspecified atom stereocenters. The van der Waals surface area contributed by atoms with Gasteiger partial charge in [-0.3, -0.25) is 9.59 Å². The van der Waals surface area contributed by atoms with Crippen molar-refractivity contribution in [2.24, 2.45) is 5.41 Å². The smallest absolute Gasteiger partial charge is 0.311 e. The highest BCUT2D eigenvalue weighted by Gasteiger charge is 2.42. The molecule has 19 heavy (non-hydrogen) atoms. The lowest BCUT2D eigenvalue weighted by Gasteiger charge is -2.20. The van der Waals surface area contributed by atoms with E-state index in [1.54, 1.807) is 17.9 Å². The Morgan fingerprint density at radius 2 is 1.95 bits per heavy atom. The Morgan fingerprint density at radius 1 is 1.26 bits per heavy atom. The molecule has 1 atom stereocenters. The van der Waals surface area contributed by atoms with Gasteiger partial charge in [-0.05, 0) is 50.5 Å². The van der Waals surface area contributed by atoms with Crippen LogP contribution in [0.5, 0.6) is 0 Å². The Morgan fingerprint density at radius 3 is 2.47 bits per heavy atom. The third-order valence-corrected chi connectivity index (χ3v) is 4.03.